The van der Waals surface area contributed by atoms with Gasteiger partial charge >= 0.3 is 20.2 Å². The maximum absolute atomic E-state index is 12.6. The fourth-order valence-corrected chi connectivity index (χ4v) is 2.99. The Hall–Kier alpha value is -1.24. The Bertz CT molecular complexity index is 367. The van der Waals surface area contributed by atoms with Crippen LogP contribution in [-0.4, -0.2) is 60.3 Å². The average Bonchev–Trinajstić information content (AvgIpc) is 2.45. The Morgan fingerprint density at radius 1 is 1.19 bits per heavy atom. The summed E-state index contributed by atoms with van der Waals surface area (Å²) in [6, 6.07) is -0.763. The van der Waals surface area contributed by atoms with Crippen LogP contribution >= 0.6 is 8.10 Å². The molecule has 8 nitrogen and oxygen atoms in total. The van der Waals surface area contributed by atoms with Crippen molar-refractivity contribution in [2.75, 3.05) is 32.8 Å². The van der Waals surface area contributed by atoms with Gasteiger partial charge in [-0.05, 0) is 32.3 Å². The zero-order valence-electron chi connectivity index (χ0n) is 13.1. The van der Waals surface area contributed by atoms with Crippen LogP contribution in [0.5, 0.6) is 0 Å². The number of carbonyl (C=O) groups excluding carboxylic acids is 2. The van der Waals surface area contributed by atoms with Crippen molar-refractivity contribution in [3.05, 3.63) is 0 Å². The van der Waals surface area contributed by atoms with Crippen molar-refractivity contribution in [1.82, 2.24) is 9.34 Å². The lowest BCUT2D eigenvalue weighted by Crippen LogP contribution is -2.42. The molecule has 2 atom stereocenters. The average molecular weight is 322 g/mol. The molecule has 0 fully saturated rings. The third-order valence-corrected chi connectivity index (χ3v) is 4.48. The van der Waals surface area contributed by atoms with Gasteiger partial charge < -0.3 is 15.2 Å². The van der Waals surface area contributed by atoms with E-state index in [0.717, 1.165) is 4.67 Å². The molecule has 0 spiro atoms. The van der Waals surface area contributed by atoms with Gasteiger partial charge in [-0.1, -0.05) is 9.34 Å². The highest BCUT2D eigenvalue weighted by Gasteiger charge is 2.45. The van der Waals surface area contributed by atoms with E-state index < -0.39 is 26.2 Å². The number of amides is 1. The zero-order valence-corrected chi connectivity index (χ0v) is 14.0. The molecule has 0 radical (unpaired) electrons. The van der Waals surface area contributed by atoms with Gasteiger partial charge in [0.15, 0.2) is 6.04 Å². The molecule has 0 aliphatic heterocycles. The molecule has 1 amide bonds. The Morgan fingerprint density at radius 3 is 2.19 bits per heavy atom. The highest BCUT2D eigenvalue weighted by Crippen LogP contribution is 2.34. The molecule has 21 heavy (non-hydrogen) atoms. The minimum Gasteiger partial charge on any atom is -0.465 e. The molecule has 0 saturated heterocycles. The fraction of sp³-hybridized carbons (Fsp3) is 0.833. The van der Waals surface area contributed by atoms with Crippen LogP contribution in [0.1, 0.15) is 27.7 Å². The number of carbonyl (C=O) groups is 2. The third-order valence-electron chi connectivity index (χ3n) is 2.64. The first kappa shape index (κ1) is 19.8. The summed E-state index contributed by atoms with van der Waals surface area (Å²) in [5, 5.41) is 0. The molecule has 0 aromatic rings. The Labute approximate surface area is 126 Å². The summed E-state index contributed by atoms with van der Waals surface area (Å²) in [6.45, 7) is 7.61. The maximum atomic E-state index is 12.6. The van der Waals surface area contributed by atoms with E-state index in [4.69, 9.17) is 15.2 Å². The van der Waals surface area contributed by atoms with E-state index in [1.54, 1.807) is 27.7 Å². The number of nitrogens with zero attached hydrogens (tertiary/aromatic N) is 2. The standard InChI is InChI=1S/C12H25N3O5P/c1-5-14(12(17)20-7-3)21(18)15(9-8-13)10(4)11(16)19-6-2/h10H,5-9,13H2,1-4H3/q+1/t10-/m0/s1. The highest BCUT2D eigenvalue weighted by atomic mass is 31.1. The number of hydrogen-bond donors (Lipinski definition) is 1. The lowest BCUT2D eigenvalue weighted by atomic mass is 10.3. The van der Waals surface area contributed by atoms with Crippen molar-refractivity contribution >= 4 is 20.2 Å². The topological polar surface area (TPSA) is 102 Å². The van der Waals surface area contributed by atoms with Crippen LogP contribution in [0.4, 0.5) is 4.79 Å². The number of rotatable bonds is 9. The molecule has 0 heterocycles. The molecule has 1 unspecified atom stereocenters. The van der Waals surface area contributed by atoms with Crippen LogP contribution in [0.25, 0.3) is 0 Å². The largest absolute Gasteiger partial charge is 0.573 e. The van der Waals surface area contributed by atoms with Crippen LogP contribution in [0, 0.1) is 0 Å². The normalized spacial score (nSPS) is 12.8. The second-order valence-corrected chi connectivity index (χ2v) is 5.55. The van der Waals surface area contributed by atoms with Gasteiger partial charge in [0.2, 0.25) is 0 Å². The van der Waals surface area contributed by atoms with E-state index in [2.05, 4.69) is 0 Å². The van der Waals surface area contributed by atoms with Gasteiger partial charge in [0.25, 0.3) is 0 Å². The SMILES string of the molecule is CCOC(=O)[C@H](C)N(CCN)[P+](=O)N(CC)C(=O)OCC. The fourth-order valence-electron chi connectivity index (χ4n) is 1.60. The lowest BCUT2D eigenvalue weighted by molar-refractivity contribution is -0.147. The molecule has 0 aliphatic rings. The summed E-state index contributed by atoms with van der Waals surface area (Å²) in [5.41, 5.74) is 5.50. The first-order chi connectivity index (χ1) is 9.94. The van der Waals surface area contributed by atoms with Crippen molar-refractivity contribution in [2.24, 2.45) is 5.73 Å². The monoisotopic (exact) mass is 322 g/mol. The summed E-state index contributed by atoms with van der Waals surface area (Å²) in [6.07, 6.45) is -0.681. The molecule has 0 bridgehead atoms. The van der Waals surface area contributed by atoms with Gasteiger partial charge in [-0.3, -0.25) is 4.79 Å². The van der Waals surface area contributed by atoms with E-state index in [1.807, 2.05) is 0 Å². The summed E-state index contributed by atoms with van der Waals surface area (Å²) < 4.78 is 24.8. The van der Waals surface area contributed by atoms with Crippen LogP contribution in [0.2, 0.25) is 0 Å². The number of hydrogen-bond acceptors (Lipinski definition) is 6. The summed E-state index contributed by atoms with van der Waals surface area (Å²) >= 11 is 0. The Balaban J connectivity index is 5.11. The Kier molecular flexibility index (Phi) is 9.86. The zero-order chi connectivity index (χ0) is 16.4. The maximum Gasteiger partial charge on any atom is 0.573 e. The number of nitrogens with two attached hydrogens (primary N) is 1. The van der Waals surface area contributed by atoms with E-state index in [1.165, 1.54) is 4.67 Å². The molecular formula is C12H25N3O5P+. The molecule has 0 aromatic heterocycles. The minimum absolute atomic E-state index is 0.183. The molecule has 122 valence electrons. The van der Waals surface area contributed by atoms with Crippen molar-refractivity contribution in [3.63, 3.8) is 0 Å². The Morgan fingerprint density at radius 2 is 1.76 bits per heavy atom. The third kappa shape index (κ3) is 5.95. The first-order valence-electron chi connectivity index (χ1n) is 6.99. The summed E-state index contributed by atoms with van der Waals surface area (Å²) in [4.78, 5) is 23.6. The minimum atomic E-state index is -2.29. The molecule has 0 aliphatic carbocycles. The quantitative estimate of drug-likeness (QED) is 0.504. The van der Waals surface area contributed by atoms with Crippen LogP contribution in [0.15, 0.2) is 0 Å². The summed E-state index contributed by atoms with van der Waals surface area (Å²) in [5.74, 6) is -0.505. The number of ether oxygens (including phenoxy) is 2. The van der Waals surface area contributed by atoms with E-state index in [9.17, 15) is 14.2 Å². The first-order valence-corrected chi connectivity index (χ1v) is 8.15. The molecule has 2 N–H and O–H groups in total. The van der Waals surface area contributed by atoms with Gasteiger partial charge in [-0.25, -0.2) is 4.79 Å². The highest BCUT2D eigenvalue weighted by molar-refractivity contribution is 7.40. The van der Waals surface area contributed by atoms with Crippen LogP contribution in [0.3, 0.4) is 0 Å². The second kappa shape index (κ2) is 10.5. The van der Waals surface area contributed by atoms with Gasteiger partial charge in [0.05, 0.1) is 26.3 Å². The van der Waals surface area contributed by atoms with Crippen LogP contribution < -0.4 is 5.73 Å². The van der Waals surface area contributed by atoms with E-state index >= 15 is 0 Å². The van der Waals surface area contributed by atoms with Gasteiger partial charge in [-0.15, -0.1) is 0 Å². The van der Waals surface area contributed by atoms with Gasteiger partial charge in [0, 0.05) is 6.54 Å². The van der Waals surface area contributed by atoms with Crippen LogP contribution in [-0.2, 0) is 18.8 Å². The van der Waals surface area contributed by atoms with E-state index in [-0.39, 0.29) is 32.8 Å². The molecular weight excluding hydrogens is 297 g/mol. The van der Waals surface area contributed by atoms with Gasteiger partial charge in [0.1, 0.15) is 0 Å². The molecule has 0 aromatic carbocycles. The molecule has 0 rings (SSSR count). The molecule has 0 saturated carbocycles. The smallest absolute Gasteiger partial charge is 0.465 e. The van der Waals surface area contributed by atoms with Crippen molar-refractivity contribution in [1.29, 1.82) is 0 Å². The molecule has 9 heteroatoms. The van der Waals surface area contributed by atoms with E-state index in [0.29, 0.717) is 0 Å². The number of esters is 1. The van der Waals surface area contributed by atoms with Crippen molar-refractivity contribution in [3.8, 4) is 0 Å². The predicted octanol–water partition coefficient (Wildman–Crippen LogP) is 1.33. The van der Waals surface area contributed by atoms with Gasteiger partial charge in [-0.2, -0.15) is 0 Å². The second-order valence-electron chi connectivity index (χ2n) is 4.05. The van der Waals surface area contributed by atoms with Crippen molar-refractivity contribution in [2.45, 2.75) is 33.7 Å². The van der Waals surface area contributed by atoms with Crippen molar-refractivity contribution < 1.29 is 23.6 Å². The summed E-state index contributed by atoms with van der Waals surface area (Å²) in [7, 11) is -2.29. The predicted molar refractivity (Wildman–Crippen MR) is 78.9 cm³/mol. The lowest BCUT2D eigenvalue weighted by Gasteiger charge is -2.19.